The fraction of sp³-hybridized carbons (Fsp3) is 0.714. The van der Waals surface area contributed by atoms with E-state index >= 15 is 0 Å². The standard InChI is InChI=1S/C7H15N3O3/c1-5(3-4-13-2)9-6(11)7(12)10-8/h5H,3-4,8H2,1-2H3,(H,9,11)(H,10,12). The summed E-state index contributed by atoms with van der Waals surface area (Å²) < 4.78 is 4.80. The van der Waals surface area contributed by atoms with Gasteiger partial charge in [0.05, 0.1) is 0 Å². The third-order valence-corrected chi connectivity index (χ3v) is 1.47. The summed E-state index contributed by atoms with van der Waals surface area (Å²) in [6.45, 7) is 2.31. The lowest BCUT2D eigenvalue weighted by atomic mass is 10.2. The zero-order chi connectivity index (χ0) is 10.3. The van der Waals surface area contributed by atoms with E-state index in [9.17, 15) is 9.59 Å². The molecule has 1 atom stereocenters. The van der Waals surface area contributed by atoms with Crippen LogP contribution in [-0.4, -0.2) is 31.6 Å². The highest BCUT2D eigenvalue weighted by Gasteiger charge is 2.13. The summed E-state index contributed by atoms with van der Waals surface area (Å²) in [5, 5.41) is 2.45. The van der Waals surface area contributed by atoms with Crippen molar-refractivity contribution in [2.75, 3.05) is 13.7 Å². The predicted molar refractivity (Wildman–Crippen MR) is 46.4 cm³/mol. The van der Waals surface area contributed by atoms with Crippen LogP contribution < -0.4 is 16.6 Å². The molecular weight excluding hydrogens is 174 g/mol. The summed E-state index contributed by atoms with van der Waals surface area (Å²) in [7, 11) is 1.57. The molecule has 0 aliphatic heterocycles. The van der Waals surface area contributed by atoms with Crippen molar-refractivity contribution < 1.29 is 14.3 Å². The van der Waals surface area contributed by atoms with Crippen LogP contribution in [0.4, 0.5) is 0 Å². The maximum atomic E-state index is 10.9. The van der Waals surface area contributed by atoms with Crippen molar-refractivity contribution in [3.63, 3.8) is 0 Å². The van der Waals surface area contributed by atoms with Crippen LogP contribution in [0.5, 0.6) is 0 Å². The largest absolute Gasteiger partial charge is 0.385 e. The Balaban J connectivity index is 3.71. The first-order chi connectivity index (χ1) is 6.11. The average Bonchev–Trinajstić information content (AvgIpc) is 2.13. The molecule has 0 aromatic carbocycles. The van der Waals surface area contributed by atoms with Crippen LogP contribution >= 0.6 is 0 Å². The summed E-state index contributed by atoms with van der Waals surface area (Å²) in [6.07, 6.45) is 0.653. The molecule has 0 spiro atoms. The molecule has 0 radical (unpaired) electrons. The fourth-order valence-electron chi connectivity index (χ4n) is 0.722. The van der Waals surface area contributed by atoms with E-state index in [2.05, 4.69) is 5.32 Å². The van der Waals surface area contributed by atoms with Gasteiger partial charge in [-0.05, 0) is 13.3 Å². The highest BCUT2D eigenvalue weighted by atomic mass is 16.5. The minimum Gasteiger partial charge on any atom is -0.385 e. The number of nitrogens with one attached hydrogen (secondary N) is 2. The van der Waals surface area contributed by atoms with Gasteiger partial charge in [0, 0.05) is 19.8 Å². The van der Waals surface area contributed by atoms with Gasteiger partial charge < -0.3 is 10.1 Å². The lowest BCUT2D eigenvalue weighted by Gasteiger charge is -2.11. The molecule has 0 heterocycles. The molecule has 0 aliphatic carbocycles. The van der Waals surface area contributed by atoms with E-state index in [0.29, 0.717) is 13.0 Å². The van der Waals surface area contributed by atoms with Crippen LogP contribution in [0, 0.1) is 0 Å². The molecule has 0 aromatic rings. The molecule has 0 aromatic heterocycles. The van der Waals surface area contributed by atoms with Gasteiger partial charge in [0.2, 0.25) is 0 Å². The Labute approximate surface area is 76.8 Å². The average molecular weight is 189 g/mol. The molecule has 2 amide bonds. The van der Waals surface area contributed by atoms with Crippen molar-refractivity contribution in [1.29, 1.82) is 0 Å². The Morgan fingerprint density at radius 3 is 2.54 bits per heavy atom. The maximum Gasteiger partial charge on any atom is 0.323 e. The Kier molecular flexibility index (Phi) is 5.82. The van der Waals surface area contributed by atoms with Crippen LogP contribution in [0.2, 0.25) is 0 Å². The van der Waals surface area contributed by atoms with Gasteiger partial charge in [-0.25, -0.2) is 5.84 Å². The quantitative estimate of drug-likeness (QED) is 0.217. The molecule has 0 bridgehead atoms. The van der Waals surface area contributed by atoms with Gasteiger partial charge >= 0.3 is 11.8 Å². The molecule has 1 unspecified atom stereocenters. The van der Waals surface area contributed by atoms with Crippen LogP contribution in [-0.2, 0) is 14.3 Å². The van der Waals surface area contributed by atoms with E-state index in [1.807, 2.05) is 0 Å². The number of methoxy groups -OCH3 is 1. The molecular formula is C7H15N3O3. The Hall–Kier alpha value is -1.14. The monoisotopic (exact) mass is 189 g/mol. The van der Waals surface area contributed by atoms with Crippen molar-refractivity contribution in [3.05, 3.63) is 0 Å². The molecule has 0 rings (SSSR count). The first-order valence-electron chi connectivity index (χ1n) is 3.92. The lowest BCUT2D eigenvalue weighted by molar-refractivity contribution is -0.139. The van der Waals surface area contributed by atoms with Crippen molar-refractivity contribution >= 4 is 11.8 Å². The molecule has 4 N–H and O–H groups in total. The minimum absolute atomic E-state index is 0.107. The summed E-state index contributed by atoms with van der Waals surface area (Å²) in [5.41, 5.74) is 1.74. The summed E-state index contributed by atoms with van der Waals surface area (Å²) in [6, 6.07) is -0.107. The first kappa shape index (κ1) is 11.9. The van der Waals surface area contributed by atoms with Crippen LogP contribution in [0.1, 0.15) is 13.3 Å². The van der Waals surface area contributed by atoms with E-state index in [1.54, 1.807) is 19.5 Å². The summed E-state index contributed by atoms with van der Waals surface area (Å²) in [5.74, 6) is 3.19. The Morgan fingerprint density at radius 2 is 2.08 bits per heavy atom. The van der Waals surface area contributed by atoms with Gasteiger partial charge in [0.15, 0.2) is 0 Å². The number of hydrogen-bond donors (Lipinski definition) is 3. The van der Waals surface area contributed by atoms with Gasteiger partial charge in [-0.3, -0.25) is 15.0 Å². The van der Waals surface area contributed by atoms with E-state index in [-0.39, 0.29) is 6.04 Å². The number of hydrogen-bond acceptors (Lipinski definition) is 4. The normalized spacial score (nSPS) is 11.9. The van der Waals surface area contributed by atoms with Crippen molar-refractivity contribution in [3.8, 4) is 0 Å². The third kappa shape index (κ3) is 5.15. The molecule has 0 fully saturated rings. The lowest BCUT2D eigenvalue weighted by Crippen LogP contribution is -2.46. The smallest absolute Gasteiger partial charge is 0.323 e. The minimum atomic E-state index is -0.843. The topological polar surface area (TPSA) is 93.4 Å². The molecule has 0 saturated carbocycles. The highest BCUT2D eigenvalue weighted by Crippen LogP contribution is 1.89. The second kappa shape index (κ2) is 6.38. The van der Waals surface area contributed by atoms with Crippen LogP contribution in [0.25, 0.3) is 0 Å². The second-order valence-electron chi connectivity index (χ2n) is 2.63. The molecule has 76 valence electrons. The van der Waals surface area contributed by atoms with Gasteiger partial charge in [0.25, 0.3) is 0 Å². The van der Waals surface area contributed by atoms with Crippen molar-refractivity contribution in [2.24, 2.45) is 5.84 Å². The van der Waals surface area contributed by atoms with Gasteiger partial charge in [0.1, 0.15) is 0 Å². The number of amides is 2. The van der Waals surface area contributed by atoms with Crippen molar-refractivity contribution in [1.82, 2.24) is 10.7 Å². The van der Waals surface area contributed by atoms with Crippen LogP contribution in [0.3, 0.4) is 0 Å². The Bertz CT molecular complexity index is 184. The fourth-order valence-corrected chi connectivity index (χ4v) is 0.722. The number of carbonyl (C=O) groups is 2. The molecule has 6 nitrogen and oxygen atoms in total. The zero-order valence-corrected chi connectivity index (χ0v) is 7.79. The SMILES string of the molecule is COCCC(C)NC(=O)C(=O)NN. The highest BCUT2D eigenvalue weighted by molar-refractivity contribution is 6.34. The number of carbonyl (C=O) groups excluding carboxylic acids is 2. The van der Waals surface area contributed by atoms with Crippen molar-refractivity contribution in [2.45, 2.75) is 19.4 Å². The molecule has 0 aliphatic rings. The Morgan fingerprint density at radius 1 is 1.46 bits per heavy atom. The zero-order valence-electron chi connectivity index (χ0n) is 7.79. The third-order valence-electron chi connectivity index (χ3n) is 1.47. The first-order valence-corrected chi connectivity index (χ1v) is 3.92. The van der Waals surface area contributed by atoms with Gasteiger partial charge in [-0.15, -0.1) is 0 Å². The van der Waals surface area contributed by atoms with Crippen LogP contribution in [0.15, 0.2) is 0 Å². The number of rotatable bonds is 4. The van der Waals surface area contributed by atoms with E-state index in [1.165, 1.54) is 0 Å². The summed E-state index contributed by atoms with van der Waals surface area (Å²) in [4.78, 5) is 21.5. The molecule has 13 heavy (non-hydrogen) atoms. The molecule has 6 heteroatoms. The number of nitrogens with two attached hydrogens (primary N) is 1. The molecule has 0 saturated heterocycles. The van der Waals surface area contributed by atoms with E-state index in [0.717, 1.165) is 0 Å². The number of ether oxygens (including phenoxy) is 1. The van der Waals surface area contributed by atoms with Gasteiger partial charge in [-0.1, -0.05) is 0 Å². The van der Waals surface area contributed by atoms with E-state index in [4.69, 9.17) is 10.6 Å². The predicted octanol–water partition coefficient (Wildman–Crippen LogP) is -1.48. The summed E-state index contributed by atoms with van der Waals surface area (Å²) >= 11 is 0. The van der Waals surface area contributed by atoms with E-state index < -0.39 is 11.8 Å². The maximum absolute atomic E-state index is 10.9. The number of hydrazine groups is 1. The second-order valence-corrected chi connectivity index (χ2v) is 2.63. The van der Waals surface area contributed by atoms with Gasteiger partial charge in [-0.2, -0.15) is 0 Å².